The van der Waals surface area contributed by atoms with E-state index in [2.05, 4.69) is 5.32 Å². The number of alkyl halides is 2. The maximum absolute atomic E-state index is 12.6. The first-order valence-electron chi connectivity index (χ1n) is 5.46. The molecule has 0 spiro atoms. The first-order chi connectivity index (χ1) is 8.56. The van der Waals surface area contributed by atoms with Gasteiger partial charge >= 0.3 is 0 Å². The van der Waals surface area contributed by atoms with Crippen molar-refractivity contribution in [3.8, 4) is 0 Å². The summed E-state index contributed by atoms with van der Waals surface area (Å²) in [5.74, 6) is -0.613. The minimum Gasteiger partial charge on any atom is -0.383 e. The van der Waals surface area contributed by atoms with Gasteiger partial charge in [0.05, 0.1) is 6.61 Å². The Kier molecular flexibility index (Phi) is 5.67. The number of carbonyl (C=O) groups excluding carboxylic acids is 1. The Balaban J connectivity index is 2.84. The van der Waals surface area contributed by atoms with E-state index in [4.69, 9.17) is 10.5 Å². The standard InChI is InChI=1S/C12H16F2N2O2/c1-18-6-5-16-10(12(15)17)8-3-2-4-9(7-8)11(13)14/h2-4,7,10-11,16H,5-6H2,1H3,(H2,15,17). The lowest BCUT2D eigenvalue weighted by Crippen LogP contribution is -2.35. The predicted octanol–water partition coefficient (Wildman–Crippen LogP) is 1.39. The molecular weight excluding hydrogens is 242 g/mol. The lowest BCUT2D eigenvalue weighted by Gasteiger charge is -2.16. The molecule has 1 rings (SSSR count). The highest BCUT2D eigenvalue weighted by atomic mass is 19.3. The molecule has 0 aliphatic rings. The zero-order valence-electron chi connectivity index (χ0n) is 10.0. The maximum atomic E-state index is 12.6. The van der Waals surface area contributed by atoms with Crippen molar-refractivity contribution < 1.29 is 18.3 Å². The second-order valence-electron chi connectivity index (χ2n) is 3.75. The summed E-state index contributed by atoms with van der Waals surface area (Å²) in [6.07, 6.45) is -2.57. The second-order valence-corrected chi connectivity index (χ2v) is 3.75. The molecule has 0 saturated carbocycles. The van der Waals surface area contributed by atoms with E-state index in [1.54, 1.807) is 6.07 Å². The third-order valence-corrected chi connectivity index (χ3v) is 2.44. The van der Waals surface area contributed by atoms with E-state index in [9.17, 15) is 13.6 Å². The van der Waals surface area contributed by atoms with Gasteiger partial charge in [-0.05, 0) is 11.6 Å². The molecule has 6 heteroatoms. The SMILES string of the molecule is COCCNC(C(N)=O)c1cccc(C(F)F)c1. The minimum atomic E-state index is -2.57. The van der Waals surface area contributed by atoms with Crippen LogP contribution in [-0.4, -0.2) is 26.2 Å². The van der Waals surface area contributed by atoms with Crippen LogP contribution in [0.2, 0.25) is 0 Å². The molecule has 0 saturated heterocycles. The van der Waals surface area contributed by atoms with E-state index in [-0.39, 0.29) is 5.56 Å². The number of hydrogen-bond donors (Lipinski definition) is 2. The number of hydrogen-bond acceptors (Lipinski definition) is 3. The van der Waals surface area contributed by atoms with Crippen LogP contribution < -0.4 is 11.1 Å². The van der Waals surface area contributed by atoms with Crippen molar-refractivity contribution >= 4 is 5.91 Å². The maximum Gasteiger partial charge on any atom is 0.263 e. The van der Waals surface area contributed by atoms with Crippen molar-refractivity contribution in [1.29, 1.82) is 0 Å². The summed E-state index contributed by atoms with van der Waals surface area (Å²) >= 11 is 0. The number of ether oxygens (including phenoxy) is 1. The molecule has 0 heterocycles. The van der Waals surface area contributed by atoms with Crippen molar-refractivity contribution in [2.24, 2.45) is 5.73 Å². The number of nitrogens with one attached hydrogen (secondary N) is 1. The summed E-state index contributed by atoms with van der Waals surface area (Å²) in [6, 6.07) is 4.85. The summed E-state index contributed by atoms with van der Waals surface area (Å²) < 4.78 is 30.0. The fraction of sp³-hybridized carbons (Fsp3) is 0.417. The van der Waals surface area contributed by atoms with Crippen molar-refractivity contribution in [2.45, 2.75) is 12.5 Å². The highest BCUT2D eigenvalue weighted by molar-refractivity contribution is 5.81. The number of halogens is 2. The van der Waals surface area contributed by atoms with Crippen LogP contribution in [0, 0.1) is 0 Å². The molecule has 1 aromatic rings. The van der Waals surface area contributed by atoms with Gasteiger partial charge in [0.2, 0.25) is 5.91 Å². The van der Waals surface area contributed by atoms with E-state index in [1.165, 1.54) is 25.3 Å². The number of carbonyl (C=O) groups is 1. The highest BCUT2D eigenvalue weighted by Gasteiger charge is 2.18. The minimum absolute atomic E-state index is 0.132. The van der Waals surface area contributed by atoms with Gasteiger partial charge in [-0.2, -0.15) is 0 Å². The molecule has 1 aromatic carbocycles. The van der Waals surface area contributed by atoms with Gasteiger partial charge in [0.25, 0.3) is 6.43 Å². The summed E-state index contributed by atoms with van der Waals surface area (Å²) in [6.45, 7) is 0.807. The molecule has 1 atom stereocenters. The van der Waals surface area contributed by atoms with Crippen molar-refractivity contribution in [2.75, 3.05) is 20.3 Å². The van der Waals surface area contributed by atoms with E-state index in [1.807, 2.05) is 0 Å². The number of benzene rings is 1. The van der Waals surface area contributed by atoms with Crippen LogP contribution in [0.5, 0.6) is 0 Å². The third-order valence-electron chi connectivity index (χ3n) is 2.44. The fourth-order valence-corrected chi connectivity index (χ4v) is 1.56. The normalized spacial score (nSPS) is 12.7. The molecule has 18 heavy (non-hydrogen) atoms. The lowest BCUT2D eigenvalue weighted by molar-refractivity contribution is -0.120. The topological polar surface area (TPSA) is 64.3 Å². The fourth-order valence-electron chi connectivity index (χ4n) is 1.56. The monoisotopic (exact) mass is 258 g/mol. The second kappa shape index (κ2) is 7.03. The van der Waals surface area contributed by atoms with Crippen molar-refractivity contribution in [3.63, 3.8) is 0 Å². The van der Waals surface area contributed by atoms with Crippen LogP contribution in [0.4, 0.5) is 8.78 Å². The van der Waals surface area contributed by atoms with Gasteiger partial charge in [-0.15, -0.1) is 0 Å². The first-order valence-corrected chi connectivity index (χ1v) is 5.46. The zero-order valence-corrected chi connectivity index (χ0v) is 10.0. The Bertz CT molecular complexity index is 399. The van der Waals surface area contributed by atoms with Gasteiger partial charge in [0.1, 0.15) is 6.04 Å². The largest absolute Gasteiger partial charge is 0.383 e. The van der Waals surface area contributed by atoms with Crippen LogP contribution in [0.15, 0.2) is 24.3 Å². The van der Waals surface area contributed by atoms with Gasteiger partial charge in [-0.25, -0.2) is 8.78 Å². The smallest absolute Gasteiger partial charge is 0.263 e. The van der Waals surface area contributed by atoms with Gasteiger partial charge in [-0.1, -0.05) is 18.2 Å². The molecule has 0 fully saturated rings. The van der Waals surface area contributed by atoms with E-state index in [0.717, 1.165) is 0 Å². The number of amides is 1. The average Bonchev–Trinajstić information content (AvgIpc) is 2.34. The van der Waals surface area contributed by atoms with Crippen molar-refractivity contribution in [3.05, 3.63) is 35.4 Å². The first kappa shape index (κ1) is 14.5. The molecule has 100 valence electrons. The predicted molar refractivity (Wildman–Crippen MR) is 63.2 cm³/mol. The Labute approximate surface area is 104 Å². The molecule has 0 bridgehead atoms. The molecule has 1 amide bonds. The van der Waals surface area contributed by atoms with Crippen LogP contribution in [0.1, 0.15) is 23.6 Å². The molecule has 1 unspecified atom stereocenters. The van der Waals surface area contributed by atoms with E-state index in [0.29, 0.717) is 18.7 Å². The average molecular weight is 258 g/mol. The van der Waals surface area contributed by atoms with Gasteiger partial charge in [0.15, 0.2) is 0 Å². The van der Waals surface area contributed by atoms with E-state index < -0.39 is 18.4 Å². The lowest BCUT2D eigenvalue weighted by atomic mass is 10.0. The third kappa shape index (κ3) is 4.05. The van der Waals surface area contributed by atoms with Gasteiger partial charge in [-0.3, -0.25) is 10.1 Å². The highest BCUT2D eigenvalue weighted by Crippen LogP contribution is 2.22. The quantitative estimate of drug-likeness (QED) is 0.726. The van der Waals surface area contributed by atoms with Crippen LogP contribution >= 0.6 is 0 Å². The van der Waals surface area contributed by atoms with Crippen molar-refractivity contribution in [1.82, 2.24) is 5.32 Å². The van der Waals surface area contributed by atoms with Crippen LogP contribution in [0.25, 0.3) is 0 Å². The Morgan fingerprint density at radius 2 is 2.11 bits per heavy atom. The zero-order chi connectivity index (χ0) is 13.5. The summed E-state index contributed by atoms with van der Waals surface area (Å²) in [5.41, 5.74) is 5.54. The Morgan fingerprint density at radius 1 is 1.44 bits per heavy atom. The molecule has 0 aliphatic heterocycles. The molecule has 0 aromatic heterocycles. The van der Waals surface area contributed by atoms with Crippen LogP contribution in [-0.2, 0) is 9.53 Å². The number of methoxy groups -OCH3 is 1. The summed E-state index contributed by atoms with van der Waals surface area (Å²) in [7, 11) is 1.53. The van der Waals surface area contributed by atoms with Gasteiger partial charge in [0, 0.05) is 19.2 Å². The number of primary amides is 1. The van der Waals surface area contributed by atoms with Crippen LogP contribution in [0.3, 0.4) is 0 Å². The molecule has 0 radical (unpaired) electrons. The van der Waals surface area contributed by atoms with E-state index >= 15 is 0 Å². The Morgan fingerprint density at radius 3 is 2.67 bits per heavy atom. The molecule has 0 aliphatic carbocycles. The Hall–Kier alpha value is -1.53. The molecular formula is C12H16F2N2O2. The molecule has 3 N–H and O–H groups in total. The number of nitrogens with two attached hydrogens (primary N) is 1. The van der Waals surface area contributed by atoms with Gasteiger partial charge < -0.3 is 10.5 Å². The summed E-state index contributed by atoms with van der Waals surface area (Å²) in [4.78, 5) is 11.3. The molecule has 4 nitrogen and oxygen atoms in total. The summed E-state index contributed by atoms with van der Waals surface area (Å²) in [5, 5.41) is 2.86. The number of rotatable bonds is 7.